The van der Waals surface area contributed by atoms with Crippen LogP contribution >= 0.6 is 0 Å². The summed E-state index contributed by atoms with van der Waals surface area (Å²) in [7, 11) is 0. The molecule has 2 amide bonds. The number of nitrogens with one attached hydrogen (secondary N) is 3. The molecule has 14 heteroatoms. The van der Waals surface area contributed by atoms with Gasteiger partial charge in [0.05, 0.1) is 35.9 Å². The van der Waals surface area contributed by atoms with E-state index in [1.807, 2.05) is 38.8 Å². The average molecular weight is 759 g/mol. The van der Waals surface area contributed by atoms with Crippen molar-refractivity contribution in [2.45, 2.75) is 71.5 Å². The topological polar surface area (TPSA) is 188 Å². The monoisotopic (exact) mass is 758 g/mol. The molecule has 2 fully saturated rings. The van der Waals surface area contributed by atoms with E-state index in [1.54, 1.807) is 29.6 Å². The van der Waals surface area contributed by atoms with Gasteiger partial charge >= 0.3 is 5.97 Å². The van der Waals surface area contributed by atoms with Gasteiger partial charge < -0.3 is 29.8 Å². The molecule has 5 heterocycles. The van der Waals surface area contributed by atoms with Crippen LogP contribution in [0.4, 0.5) is 5.95 Å². The first-order valence-electron chi connectivity index (χ1n) is 19.4. The third-order valence-corrected chi connectivity index (χ3v) is 10.8. The van der Waals surface area contributed by atoms with Crippen molar-refractivity contribution in [3.63, 3.8) is 0 Å². The molecular formula is C42H50N10O4. The number of benzene rings is 2. The quantitative estimate of drug-likeness (QED) is 0.0619. The molecule has 0 spiro atoms. The minimum Gasteiger partial charge on any atom is -0.449 e. The summed E-state index contributed by atoms with van der Waals surface area (Å²) in [5.74, 6) is 0.0110. The standard InChI is InChI=1S/C42H50N10O4/c1-25(2)35(41(55)56-24-43)39(53)51-20-5-8-33(51)37-46-22-31(48-37)29-14-10-27(11-15-29)28-12-16-30(17-13-28)32-23-47-38(49-32)34-9-6-21-52(34)40(54)36(26(3)4)50-42-44-18-7-19-45-42/h7,10-19,22-23,25-26,33-36H,5-6,8-9,20-21,24,43H2,1-4H3,(H,46,48)(H,47,49)(H,44,45,50)/t33-,34-,35-,36-/m0/s1. The maximum absolute atomic E-state index is 13.8. The summed E-state index contributed by atoms with van der Waals surface area (Å²) in [5.41, 5.74) is 11.3. The third-order valence-electron chi connectivity index (χ3n) is 10.8. The van der Waals surface area contributed by atoms with E-state index in [9.17, 15) is 14.4 Å². The number of H-pyrrole nitrogens is 2. The van der Waals surface area contributed by atoms with Gasteiger partial charge in [-0.25, -0.2) is 19.9 Å². The Kier molecular flexibility index (Phi) is 11.6. The predicted molar refractivity (Wildman–Crippen MR) is 212 cm³/mol. The number of aromatic amines is 2. The smallest absolute Gasteiger partial charge is 0.320 e. The first-order valence-corrected chi connectivity index (χ1v) is 19.4. The Hall–Kier alpha value is -5.89. The molecule has 2 aliphatic heterocycles. The number of esters is 1. The van der Waals surface area contributed by atoms with Crippen LogP contribution in [0.1, 0.15) is 77.1 Å². The fraction of sp³-hybridized carbons (Fsp3) is 0.405. The number of ether oxygens (including phenoxy) is 1. The Morgan fingerprint density at radius 2 is 1.21 bits per heavy atom. The fourth-order valence-electron chi connectivity index (χ4n) is 7.83. The molecule has 5 N–H and O–H groups in total. The number of rotatable bonds is 13. The number of hydrogen-bond donors (Lipinski definition) is 4. The summed E-state index contributed by atoms with van der Waals surface area (Å²) >= 11 is 0. The van der Waals surface area contributed by atoms with Crippen LogP contribution in [0.15, 0.2) is 79.4 Å². The van der Waals surface area contributed by atoms with E-state index in [4.69, 9.17) is 15.5 Å². The second-order valence-electron chi connectivity index (χ2n) is 15.2. The van der Waals surface area contributed by atoms with Crippen molar-refractivity contribution in [3.8, 4) is 33.6 Å². The Balaban J connectivity index is 1.000. The molecule has 2 aromatic carbocycles. The largest absolute Gasteiger partial charge is 0.449 e. The van der Waals surface area contributed by atoms with Gasteiger partial charge in [-0.2, -0.15) is 0 Å². The zero-order valence-corrected chi connectivity index (χ0v) is 32.3. The molecule has 2 aliphatic rings. The summed E-state index contributed by atoms with van der Waals surface area (Å²) < 4.78 is 5.02. The lowest BCUT2D eigenvalue weighted by Crippen LogP contribution is -2.45. The number of carbonyl (C=O) groups excluding carboxylic acids is 3. The average Bonchev–Trinajstić information content (AvgIpc) is 4.04. The normalized spacial score (nSPS) is 18.1. The number of nitrogens with two attached hydrogens (primary N) is 1. The van der Waals surface area contributed by atoms with Crippen LogP contribution in [0, 0.1) is 17.8 Å². The van der Waals surface area contributed by atoms with Crippen LogP contribution in [-0.2, 0) is 19.1 Å². The minimum absolute atomic E-state index is 0.0207. The van der Waals surface area contributed by atoms with Gasteiger partial charge in [-0.1, -0.05) is 76.2 Å². The Bertz CT molecular complexity index is 2110. The lowest BCUT2D eigenvalue weighted by atomic mass is 9.94. The SMILES string of the molecule is CC(C)[C@H](C(=O)OCN)C(=O)N1CCC[C@H]1c1ncc(-c2ccc(-c3ccc(-c4cnc([C@@H]5CCCN5C(=O)[C@@H](Nc5ncccn5)C(C)C)[nH]4)cc3)cc2)[nH]1. The van der Waals surface area contributed by atoms with Crippen molar-refractivity contribution < 1.29 is 19.1 Å². The number of nitrogens with zero attached hydrogens (tertiary/aromatic N) is 6. The molecule has 4 atom stereocenters. The summed E-state index contributed by atoms with van der Waals surface area (Å²) in [6.45, 7) is 8.68. The van der Waals surface area contributed by atoms with Crippen LogP contribution in [0.2, 0.25) is 0 Å². The third kappa shape index (κ3) is 8.06. The molecule has 56 heavy (non-hydrogen) atoms. The molecule has 7 rings (SSSR count). The first-order chi connectivity index (χ1) is 27.1. The zero-order chi connectivity index (χ0) is 39.3. The summed E-state index contributed by atoms with van der Waals surface area (Å²) in [4.78, 5) is 68.5. The number of aromatic nitrogens is 6. The maximum atomic E-state index is 13.8. The van der Waals surface area contributed by atoms with Crippen LogP contribution < -0.4 is 11.1 Å². The molecule has 0 saturated carbocycles. The van der Waals surface area contributed by atoms with Crippen molar-refractivity contribution in [2.24, 2.45) is 23.5 Å². The van der Waals surface area contributed by atoms with Gasteiger partial charge in [0, 0.05) is 25.5 Å². The molecule has 0 bridgehead atoms. The van der Waals surface area contributed by atoms with Crippen LogP contribution in [0.3, 0.4) is 0 Å². The number of anilines is 1. The minimum atomic E-state index is -0.908. The second-order valence-corrected chi connectivity index (χ2v) is 15.2. The summed E-state index contributed by atoms with van der Waals surface area (Å²) in [5, 5.41) is 3.24. The lowest BCUT2D eigenvalue weighted by molar-refractivity contribution is -0.158. The highest BCUT2D eigenvalue weighted by molar-refractivity contribution is 5.98. The Labute approximate surface area is 326 Å². The molecule has 14 nitrogen and oxygen atoms in total. The number of hydrogen-bond acceptors (Lipinski definition) is 10. The van der Waals surface area contributed by atoms with Gasteiger partial charge in [0.1, 0.15) is 30.3 Å². The van der Waals surface area contributed by atoms with E-state index in [0.29, 0.717) is 24.9 Å². The zero-order valence-electron chi connectivity index (χ0n) is 32.3. The predicted octanol–water partition coefficient (Wildman–Crippen LogP) is 6.12. The second kappa shape index (κ2) is 16.9. The van der Waals surface area contributed by atoms with E-state index in [1.165, 1.54) is 0 Å². The van der Waals surface area contributed by atoms with E-state index in [-0.39, 0.29) is 42.5 Å². The molecular weight excluding hydrogens is 709 g/mol. The van der Waals surface area contributed by atoms with E-state index < -0.39 is 17.9 Å². The van der Waals surface area contributed by atoms with Crippen molar-refractivity contribution in [3.05, 3.63) is 91.0 Å². The number of imidazole rings is 2. The summed E-state index contributed by atoms with van der Waals surface area (Å²) in [6, 6.07) is 17.5. The number of likely N-dealkylation sites (tertiary alicyclic amines) is 2. The molecule has 292 valence electrons. The van der Waals surface area contributed by atoms with Gasteiger partial charge in [0.25, 0.3) is 0 Å². The highest BCUT2D eigenvalue weighted by Gasteiger charge is 2.41. The van der Waals surface area contributed by atoms with Crippen LogP contribution in [0.5, 0.6) is 0 Å². The highest BCUT2D eigenvalue weighted by Crippen LogP contribution is 2.36. The van der Waals surface area contributed by atoms with Crippen molar-refractivity contribution in [1.82, 2.24) is 39.7 Å². The van der Waals surface area contributed by atoms with Gasteiger partial charge in [0.2, 0.25) is 17.8 Å². The van der Waals surface area contributed by atoms with E-state index >= 15 is 0 Å². The molecule has 0 radical (unpaired) electrons. The highest BCUT2D eigenvalue weighted by atomic mass is 16.5. The first kappa shape index (κ1) is 38.4. The Morgan fingerprint density at radius 1 is 0.732 bits per heavy atom. The van der Waals surface area contributed by atoms with Gasteiger partial charge in [-0.15, -0.1) is 0 Å². The van der Waals surface area contributed by atoms with Gasteiger partial charge in [0.15, 0.2) is 0 Å². The molecule has 2 saturated heterocycles. The molecule has 3 aromatic heterocycles. The maximum Gasteiger partial charge on any atom is 0.320 e. The Morgan fingerprint density at radius 3 is 1.68 bits per heavy atom. The summed E-state index contributed by atoms with van der Waals surface area (Å²) in [6.07, 6.45) is 10.3. The van der Waals surface area contributed by atoms with Gasteiger partial charge in [-0.05, 0) is 65.8 Å². The number of carbonyl (C=O) groups is 3. The van der Waals surface area contributed by atoms with Crippen LogP contribution in [0.25, 0.3) is 33.6 Å². The molecule has 0 aliphatic carbocycles. The van der Waals surface area contributed by atoms with Crippen molar-refractivity contribution >= 4 is 23.7 Å². The molecule has 5 aromatic rings. The van der Waals surface area contributed by atoms with Crippen molar-refractivity contribution in [2.75, 3.05) is 25.1 Å². The van der Waals surface area contributed by atoms with Gasteiger partial charge in [-0.3, -0.25) is 20.1 Å². The van der Waals surface area contributed by atoms with Crippen LogP contribution in [-0.4, -0.2) is 83.3 Å². The molecule has 0 unspecified atom stereocenters. The van der Waals surface area contributed by atoms with Crippen molar-refractivity contribution in [1.29, 1.82) is 0 Å². The van der Waals surface area contributed by atoms with E-state index in [0.717, 1.165) is 65.1 Å². The lowest BCUT2D eigenvalue weighted by Gasteiger charge is -2.30. The fourth-order valence-corrected chi connectivity index (χ4v) is 7.83. The van der Waals surface area contributed by atoms with E-state index in [2.05, 4.69) is 78.8 Å². The number of amides is 2.